The van der Waals surface area contributed by atoms with Crippen LogP contribution in [0.15, 0.2) is 0 Å². The maximum atomic E-state index is 5.68. The summed E-state index contributed by atoms with van der Waals surface area (Å²) in [5.41, 5.74) is 0. The van der Waals surface area contributed by atoms with Crippen molar-refractivity contribution >= 4 is 11.6 Å². The van der Waals surface area contributed by atoms with E-state index in [1.807, 2.05) is 0 Å². The van der Waals surface area contributed by atoms with E-state index in [0.717, 1.165) is 25.0 Å². The summed E-state index contributed by atoms with van der Waals surface area (Å²) < 4.78 is 5.22. The molecule has 2 heteroatoms. The number of hydrogen-bond acceptors (Lipinski definition) is 1. The van der Waals surface area contributed by atoms with Gasteiger partial charge in [0.05, 0.1) is 0 Å². The third-order valence-corrected chi connectivity index (χ3v) is 2.50. The van der Waals surface area contributed by atoms with E-state index in [9.17, 15) is 0 Å². The van der Waals surface area contributed by atoms with Crippen molar-refractivity contribution in [2.24, 2.45) is 11.8 Å². The van der Waals surface area contributed by atoms with Crippen LogP contribution in [0.25, 0.3) is 0 Å². The highest BCUT2D eigenvalue weighted by Gasteiger charge is 2.20. The quantitative estimate of drug-likeness (QED) is 0.544. The van der Waals surface area contributed by atoms with Gasteiger partial charge in [-0.05, 0) is 18.3 Å². The van der Waals surface area contributed by atoms with Crippen LogP contribution in [0.3, 0.4) is 0 Å². The Morgan fingerprint density at radius 1 is 1.78 bits per heavy atom. The lowest BCUT2D eigenvalue weighted by Gasteiger charge is -2.12. The van der Waals surface area contributed by atoms with E-state index in [1.54, 1.807) is 0 Å². The second-order valence-corrected chi connectivity index (χ2v) is 3.06. The summed E-state index contributed by atoms with van der Waals surface area (Å²) >= 11 is 5.68. The molecule has 0 amide bonds. The molecule has 1 fully saturated rings. The van der Waals surface area contributed by atoms with Gasteiger partial charge in [0, 0.05) is 19.1 Å². The lowest BCUT2D eigenvalue weighted by molar-refractivity contribution is 0.177. The molecule has 0 aromatic heterocycles. The van der Waals surface area contributed by atoms with E-state index < -0.39 is 0 Å². The first-order valence-corrected chi connectivity index (χ1v) is 4.01. The molecule has 0 spiro atoms. The van der Waals surface area contributed by atoms with E-state index in [0.29, 0.717) is 5.92 Å². The Balaban J connectivity index is 2.24. The van der Waals surface area contributed by atoms with Gasteiger partial charge < -0.3 is 4.74 Å². The zero-order valence-corrected chi connectivity index (χ0v) is 6.53. The van der Waals surface area contributed by atoms with Crippen molar-refractivity contribution < 1.29 is 4.74 Å². The molecule has 9 heavy (non-hydrogen) atoms. The summed E-state index contributed by atoms with van der Waals surface area (Å²) in [6.45, 7) is 4.05. The van der Waals surface area contributed by atoms with Crippen molar-refractivity contribution in [1.82, 2.24) is 0 Å². The second-order valence-electron chi connectivity index (χ2n) is 2.76. The number of halogens is 1. The summed E-state index contributed by atoms with van der Waals surface area (Å²) in [6.07, 6.45) is 1.20. The first-order valence-electron chi connectivity index (χ1n) is 3.48. The molecule has 2 atom stereocenters. The maximum absolute atomic E-state index is 5.68. The molecule has 1 rings (SSSR count). The largest absolute Gasteiger partial charge is 0.381 e. The van der Waals surface area contributed by atoms with E-state index in [1.165, 1.54) is 6.42 Å². The smallest absolute Gasteiger partial charge is 0.0498 e. The molecular weight excluding hydrogens is 136 g/mol. The van der Waals surface area contributed by atoms with Crippen molar-refractivity contribution in [2.45, 2.75) is 13.3 Å². The predicted octanol–water partition coefficient (Wildman–Crippen LogP) is 1.90. The summed E-state index contributed by atoms with van der Waals surface area (Å²) in [5.74, 6) is 2.13. The van der Waals surface area contributed by atoms with Gasteiger partial charge in [-0.3, -0.25) is 0 Å². The number of rotatable bonds is 2. The van der Waals surface area contributed by atoms with Crippen molar-refractivity contribution in [3.8, 4) is 0 Å². The molecular formula is C7H13ClO. The highest BCUT2D eigenvalue weighted by atomic mass is 35.5. The van der Waals surface area contributed by atoms with Crippen molar-refractivity contribution in [1.29, 1.82) is 0 Å². The molecule has 0 N–H and O–H groups in total. The zero-order chi connectivity index (χ0) is 6.69. The van der Waals surface area contributed by atoms with Crippen LogP contribution in [-0.2, 0) is 4.74 Å². The Morgan fingerprint density at radius 2 is 2.56 bits per heavy atom. The highest BCUT2D eigenvalue weighted by Crippen LogP contribution is 2.22. The molecule has 1 aliphatic heterocycles. The van der Waals surface area contributed by atoms with Gasteiger partial charge in [0.25, 0.3) is 0 Å². The van der Waals surface area contributed by atoms with Gasteiger partial charge in [-0.2, -0.15) is 0 Å². The minimum atomic E-state index is 0.633. The van der Waals surface area contributed by atoms with Gasteiger partial charge in [-0.15, -0.1) is 11.6 Å². The fourth-order valence-corrected chi connectivity index (χ4v) is 1.38. The molecule has 0 aromatic carbocycles. The molecule has 54 valence electrons. The Morgan fingerprint density at radius 3 is 3.00 bits per heavy atom. The van der Waals surface area contributed by atoms with Gasteiger partial charge >= 0.3 is 0 Å². The molecule has 0 bridgehead atoms. The number of alkyl halides is 1. The molecule has 2 unspecified atom stereocenters. The third-order valence-electron chi connectivity index (χ3n) is 2.01. The van der Waals surface area contributed by atoms with E-state index in [2.05, 4.69) is 6.92 Å². The average Bonchev–Trinajstić information content (AvgIpc) is 2.37. The van der Waals surface area contributed by atoms with Crippen LogP contribution in [0.2, 0.25) is 0 Å². The van der Waals surface area contributed by atoms with Gasteiger partial charge in [-0.25, -0.2) is 0 Å². The minimum Gasteiger partial charge on any atom is -0.381 e. The number of hydrogen-bond donors (Lipinski definition) is 0. The Hall–Kier alpha value is 0.250. The Bertz CT molecular complexity index is 79.0. The highest BCUT2D eigenvalue weighted by molar-refractivity contribution is 6.18. The monoisotopic (exact) mass is 148 g/mol. The first-order chi connectivity index (χ1) is 4.34. The lowest BCUT2D eigenvalue weighted by atomic mass is 9.95. The van der Waals surface area contributed by atoms with Crippen LogP contribution in [-0.4, -0.2) is 19.1 Å². The van der Waals surface area contributed by atoms with E-state index >= 15 is 0 Å². The van der Waals surface area contributed by atoms with Crippen LogP contribution in [0.5, 0.6) is 0 Å². The average molecular weight is 149 g/mol. The van der Waals surface area contributed by atoms with E-state index in [4.69, 9.17) is 16.3 Å². The molecule has 1 heterocycles. The Labute approximate surface area is 61.3 Å². The van der Waals surface area contributed by atoms with Crippen LogP contribution in [0.4, 0.5) is 0 Å². The topological polar surface area (TPSA) is 9.23 Å². The first kappa shape index (κ1) is 7.36. The van der Waals surface area contributed by atoms with Crippen molar-refractivity contribution in [3.05, 3.63) is 0 Å². The predicted molar refractivity (Wildman–Crippen MR) is 38.8 cm³/mol. The number of ether oxygens (including phenoxy) is 1. The molecule has 0 aromatic rings. The minimum absolute atomic E-state index is 0.633. The summed E-state index contributed by atoms with van der Waals surface area (Å²) in [7, 11) is 0. The summed E-state index contributed by atoms with van der Waals surface area (Å²) in [6, 6.07) is 0. The molecule has 1 nitrogen and oxygen atoms in total. The standard InChI is InChI=1S/C7H13ClO/c1-6(4-8)7-2-3-9-5-7/h6-7H,2-5H2,1H3. The molecule has 1 aliphatic rings. The fourth-order valence-electron chi connectivity index (χ4n) is 1.13. The van der Waals surface area contributed by atoms with Crippen LogP contribution in [0.1, 0.15) is 13.3 Å². The summed E-state index contributed by atoms with van der Waals surface area (Å²) in [5, 5.41) is 0. The Kier molecular flexibility index (Phi) is 2.80. The van der Waals surface area contributed by atoms with Gasteiger partial charge in [0.2, 0.25) is 0 Å². The van der Waals surface area contributed by atoms with Gasteiger partial charge in [0.15, 0.2) is 0 Å². The van der Waals surface area contributed by atoms with Crippen LogP contribution < -0.4 is 0 Å². The van der Waals surface area contributed by atoms with E-state index in [-0.39, 0.29) is 0 Å². The van der Waals surface area contributed by atoms with Crippen molar-refractivity contribution in [2.75, 3.05) is 19.1 Å². The van der Waals surface area contributed by atoms with Crippen LogP contribution >= 0.6 is 11.6 Å². The van der Waals surface area contributed by atoms with Crippen LogP contribution in [0, 0.1) is 11.8 Å². The van der Waals surface area contributed by atoms with Gasteiger partial charge in [-0.1, -0.05) is 6.92 Å². The maximum Gasteiger partial charge on any atom is 0.0498 e. The molecule has 0 saturated carbocycles. The summed E-state index contributed by atoms with van der Waals surface area (Å²) in [4.78, 5) is 0. The third kappa shape index (κ3) is 1.84. The normalized spacial score (nSPS) is 30.7. The molecule has 1 saturated heterocycles. The second kappa shape index (κ2) is 3.43. The van der Waals surface area contributed by atoms with Gasteiger partial charge in [0.1, 0.15) is 0 Å². The fraction of sp³-hybridized carbons (Fsp3) is 1.00. The van der Waals surface area contributed by atoms with Crippen molar-refractivity contribution in [3.63, 3.8) is 0 Å². The molecule has 0 radical (unpaired) electrons. The zero-order valence-electron chi connectivity index (χ0n) is 5.77. The SMILES string of the molecule is CC(CCl)C1CCOC1. The molecule has 0 aliphatic carbocycles. The lowest BCUT2D eigenvalue weighted by Crippen LogP contribution is -2.12.